The fourth-order valence-corrected chi connectivity index (χ4v) is 2.92. The summed E-state index contributed by atoms with van der Waals surface area (Å²) in [7, 11) is -4.52. The van der Waals surface area contributed by atoms with E-state index in [1.165, 1.54) is 18.6 Å². The Kier molecular flexibility index (Phi) is 10.4. The van der Waals surface area contributed by atoms with Gasteiger partial charge >= 0.3 is 7.82 Å². The molecule has 0 aliphatic rings. The quantitative estimate of drug-likeness (QED) is 0.407. The zero-order valence-electron chi connectivity index (χ0n) is 14.6. The number of amides is 1. The molecule has 0 aliphatic carbocycles. The molecule has 0 bridgehead atoms. The minimum atomic E-state index is -4.52. The highest BCUT2D eigenvalue weighted by molar-refractivity contribution is 7.46. The molecule has 0 radical (unpaired) electrons. The van der Waals surface area contributed by atoms with E-state index in [1.54, 1.807) is 12.1 Å². The van der Waals surface area contributed by atoms with E-state index in [4.69, 9.17) is 14.2 Å². The van der Waals surface area contributed by atoms with Crippen molar-refractivity contribution in [1.29, 1.82) is 0 Å². The summed E-state index contributed by atoms with van der Waals surface area (Å²) < 4.78 is 21.2. The number of benzene rings is 1. The average molecular weight is 372 g/mol. The predicted molar refractivity (Wildman–Crippen MR) is 92.9 cm³/mol. The van der Waals surface area contributed by atoms with Crippen LogP contribution in [0.5, 0.6) is 5.75 Å². The number of phosphoric ester groups is 1. The highest BCUT2D eigenvalue weighted by Gasteiger charge is 2.12. The molecule has 1 rings (SSSR count). The zero-order valence-corrected chi connectivity index (χ0v) is 15.5. The van der Waals surface area contributed by atoms with Gasteiger partial charge in [0, 0.05) is 13.0 Å². The summed E-state index contributed by atoms with van der Waals surface area (Å²) in [5.74, 6) is -0.0432. The molecular weight excluding hydrogens is 345 g/mol. The molecule has 0 aliphatic heterocycles. The third-order valence-electron chi connectivity index (χ3n) is 3.48. The average Bonchev–Trinajstić information content (AvgIpc) is 2.58. The summed E-state index contributed by atoms with van der Waals surface area (Å²) in [4.78, 5) is 23.3. The number of carbonyl (C=O) groups excluding carboxylic acids is 1. The van der Waals surface area contributed by atoms with Gasteiger partial charge in [0.05, 0.1) is 13.2 Å². The van der Waals surface area contributed by atoms with Gasteiger partial charge in [-0.05, 0) is 24.1 Å². The molecule has 0 saturated carbocycles. The molecule has 0 heterocycles. The van der Waals surface area contributed by atoms with Crippen molar-refractivity contribution < 1.29 is 28.4 Å². The fourth-order valence-electron chi connectivity index (χ4n) is 2.18. The summed E-state index contributed by atoms with van der Waals surface area (Å²) in [6.45, 7) is 1.82. The maximum absolute atomic E-state index is 11.7. The van der Waals surface area contributed by atoms with Crippen LogP contribution in [0.2, 0.25) is 0 Å². The molecule has 0 aromatic heterocycles. The molecule has 142 valence electrons. The van der Waals surface area contributed by atoms with Crippen LogP contribution in [0.1, 0.15) is 51.0 Å². The number of aliphatic hydroxyl groups excluding tert-OH is 1. The van der Waals surface area contributed by atoms with Gasteiger partial charge in [-0.1, -0.05) is 44.7 Å². The van der Waals surface area contributed by atoms with Gasteiger partial charge in [0.1, 0.15) is 5.75 Å². The van der Waals surface area contributed by atoms with Gasteiger partial charge in [-0.3, -0.25) is 9.36 Å². The van der Waals surface area contributed by atoms with E-state index in [1.807, 2.05) is 0 Å². The lowest BCUT2D eigenvalue weighted by atomic mass is 10.1. The minimum absolute atomic E-state index is 0.0704. The van der Waals surface area contributed by atoms with Crippen molar-refractivity contribution in [1.82, 2.24) is 5.32 Å². The lowest BCUT2D eigenvalue weighted by molar-refractivity contribution is -0.216. The van der Waals surface area contributed by atoms with Crippen molar-refractivity contribution in [3.8, 4) is 5.75 Å². The van der Waals surface area contributed by atoms with Crippen LogP contribution in [-0.2, 0) is 20.5 Å². The van der Waals surface area contributed by atoms with Crippen LogP contribution in [-0.4, -0.2) is 24.2 Å². The smallest absolute Gasteiger partial charge is 0.319 e. The standard InChI is InChI=1S/C17H28NO6P/c1-2-3-4-5-6-10-17(20)18-11-12-23-25(21,22)24-16-9-7-8-15(13-16)14-19/h7-9,13,19H,2-6,10-12,14H2,1H3,(H,18,20)(H,21,22)/p-1. The molecule has 2 N–H and O–H groups in total. The molecule has 1 aromatic carbocycles. The first-order chi connectivity index (χ1) is 12.0. The second kappa shape index (κ2) is 12.0. The van der Waals surface area contributed by atoms with E-state index in [-0.39, 0.29) is 31.4 Å². The first-order valence-electron chi connectivity index (χ1n) is 8.58. The molecule has 0 saturated heterocycles. The normalized spacial score (nSPS) is 13.2. The van der Waals surface area contributed by atoms with Crippen LogP contribution >= 0.6 is 7.82 Å². The summed E-state index contributed by atoms with van der Waals surface area (Å²) in [5.41, 5.74) is 0.531. The molecule has 0 spiro atoms. The van der Waals surface area contributed by atoms with E-state index in [9.17, 15) is 14.3 Å². The van der Waals surface area contributed by atoms with Crippen LogP contribution in [0, 0.1) is 0 Å². The van der Waals surface area contributed by atoms with Gasteiger partial charge in [0.25, 0.3) is 0 Å². The first-order valence-corrected chi connectivity index (χ1v) is 10.0. The van der Waals surface area contributed by atoms with Gasteiger partial charge in [0.15, 0.2) is 0 Å². The number of carbonyl (C=O) groups is 1. The van der Waals surface area contributed by atoms with Gasteiger partial charge in [-0.15, -0.1) is 0 Å². The summed E-state index contributed by atoms with van der Waals surface area (Å²) in [6.07, 6.45) is 5.75. The summed E-state index contributed by atoms with van der Waals surface area (Å²) >= 11 is 0. The summed E-state index contributed by atoms with van der Waals surface area (Å²) in [6, 6.07) is 6.07. The predicted octanol–water partition coefficient (Wildman–Crippen LogP) is 2.52. The molecule has 1 amide bonds. The lowest BCUT2D eigenvalue weighted by Gasteiger charge is -2.23. The van der Waals surface area contributed by atoms with Crippen molar-refractivity contribution in [3.63, 3.8) is 0 Å². The third kappa shape index (κ3) is 10.2. The van der Waals surface area contributed by atoms with Crippen LogP contribution in [0.4, 0.5) is 0 Å². The second-order valence-electron chi connectivity index (χ2n) is 5.69. The van der Waals surface area contributed by atoms with Crippen LogP contribution in [0.15, 0.2) is 24.3 Å². The Labute approximate surface area is 149 Å². The number of rotatable bonds is 13. The molecule has 1 aromatic rings. The van der Waals surface area contributed by atoms with Gasteiger partial charge in [0.2, 0.25) is 5.91 Å². The molecule has 0 fully saturated rings. The highest BCUT2D eigenvalue weighted by Crippen LogP contribution is 2.39. The van der Waals surface area contributed by atoms with Crippen molar-refractivity contribution in [2.45, 2.75) is 52.1 Å². The maximum atomic E-state index is 11.7. The van der Waals surface area contributed by atoms with Gasteiger partial charge < -0.3 is 24.4 Å². The van der Waals surface area contributed by atoms with E-state index >= 15 is 0 Å². The third-order valence-corrected chi connectivity index (χ3v) is 4.41. The summed E-state index contributed by atoms with van der Waals surface area (Å²) in [5, 5.41) is 11.6. The number of hydrogen-bond donors (Lipinski definition) is 2. The topological polar surface area (TPSA) is 108 Å². The maximum Gasteiger partial charge on any atom is 0.319 e. The van der Waals surface area contributed by atoms with Crippen molar-refractivity contribution >= 4 is 13.7 Å². The Bertz CT molecular complexity index is 566. The number of aliphatic hydroxyl groups is 1. The monoisotopic (exact) mass is 372 g/mol. The van der Waals surface area contributed by atoms with Crippen LogP contribution in [0.25, 0.3) is 0 Å². The van der Waals surface area contributed by atoms with E-state index in [0.29, 0.717) is 12.0 Å². The Morgan fingerprint density at radius 1 is 1.28 bits per heavy atom. The molecule has 1 unspecified atom stereocenters. The van der Waals surface area contributed by atoms with E-state index in [2.05, 4.69) is 12.2 Å². The number of nitrogens with one attached hydrogen (secondary N) is 1. The van der Waals surface area contributed by atoms with Crippen molar-refractivity contribution in [2.75, 3.05) is 13.2 Å². The molecule has 25 heavy (non-hydrogen) atoms. The Morgan fingerprint density at radius 2 is 2.04 bits per heavy atom. The minimum Gasteiger partial charge on any atom is -0.746 e. The molecule has 1 atom stereocenters. The molecular formula is C17H27NO6P-. The zero-order chi connectivity index (χ0) is 18.5. The number of phosphoric acid groups is 1. The Morgan fingerprint density at radius 3 is 2.76 bits per heavy atom. The van der Waals surface area contributed by atoms with Crippen LogP contribution < -0.4 is 14.7 Å². The number of hydrogen-bond acceptors (Lipinski definition) is 6. The fraction of sp³-hybridized carbons (Fsp3) is 0.588. The molecule has 7 nitrogen and oxygen atoms in total. The Hall–Kier alpha value is -1.40. The lowest BCUT2D eigenvalue weighted by Crippen LogP contribution is -2.27. The van der Waals surface area contributed by atoms with Crippen molar-refractivity contribution in [3.05, 3.63) is 29.8 Å². The SMILES string of the molecule is CCCCCCCC(=O)NCCOP(=O)([O-])Oc1cccc(CO)c1. The largest absolute Gasteiger partial charge is 0.746 e. The van der Waals surface area contributed by atoms with Crippen LogP contribution in [0.3, 0.4) is 0 Å². The van der Waals surface area contributed by atoms with Crippen molar-refractivity contribution in [2.24, 2.45) is 0 Å². The van der Waals surface area contributed by atoms with E-state index in [0.717, 1.165) is 25.7 Å². The van der Waals surface area contributed by atoms with Gasteiger partial charge in [-0.2, -0.15) is 0 Å². The first kappa shape index (κ1) is 21.6. The Balaban J connectivity index is 2.21. The van der Waals surface area contributed by atoms with Gasteiger partial charge in [-0.25, -0.2) is 0 Å². The highest BCUT2D eigenvalue weighted by atomic mass is 31.2. The molecule has 8 heteroatoms. The number of unbranched alkanes of at least 4 members (excludes halogenated alkanes) is 4. The second-order valence-corrected chi connectivity index (χ2v) is 7.03. The van der Waals surface area contributed by atoms with E-state index < -0.39 is 7.82 Å².